The zero-order valence-electron chi connectivity index (χ0n) is 16.6. The Morgan fingerprint density at radius 3 is 2.79 bits per heavy atom. The maximum absolute atomic E-state index is 9.55. The first-order chi connectivity index (χ1) is 13.2. The number of H-pyrrole nitrogens is 1. The van der Waals surface area contributed by atoms with E-state index < -0.39 is 11.8 Å². The van der Waals surface area contributed by atoms with Gasteiger partial charge in [-0.05, 0) is 38.0 Å². The minimum atomic E-state index is -0.673. The number of nitrogens with two attached hydrogens (primary N) is 2. The summed E-state index contributed by atoms with van der Waals surface area (Å²) >= 11 is 5.52. The van der Waals surface area contributed by atoms with E-state index in [1.54, 1.807) is 12.3 Å². The predicted octanol–water partition coefficient (Wildman–Crippen LogP) is 2.18. The van der Waals surface area contributed by atoms with E-state index in [1.165, 1.54) is 7.11 Å². The molecule has 0 fully saturated rings. The fourth-order valence-corrected chi connectivity index (χ4v) is 2.83. The molecule has 0 amide bonds. The maximum atomic E-state index is 9.55. The quantitative estimate of drug-likeness (QED) is 0.334. The number of anilines is 1. The number of aromatic nitrogens is 3. The summed E-state index contributed by atoms with van der Waals surface area (Å²) in [7, 11) is 1.49. The molecule has 0 spiro atoms. The van der Waals surface area contributed by atoms with Gasteiger partial charge in [0.2, 0.25) is 5.95 Å². The summed E-state index contributed by atoms with van der Waals surface area (Å²) in [5, 5.41) is 12.7. The number of rotatable bonds is 8. The molecule has 2 rings (SSSR count). The van der Waals surface area contributed by atoms with Gasteiger partial charge in [-0.1, -0.05) is 19.1 Å². The van der Waals surface area contributed by atoms with Gasteiger partial charge in [-0.2, -0.15) is 0 Å². The van der Waals surface area contributed by atoms with Gasteiger partial charge in [0.1, 0.15) is 10.9 Å². The van der Waals surface area contributed by atoms with Crippen LogP contribution in [0.5, 0.6) is 0 Å². The molecule has 28 heavy (non-hydrogen) atoms. The van der Waals surface area contributed by atoms with E-state index in [9.17, 15) is 5.11 Å². The van der Waals surface area contributed by atoms with Crippen LogP contribution in [-0.2, 0) is 11.2 Å². The first-order valence-corrected chi connectivity index (χ1v) is 9.35. The third kappa shape index (κ3) is 5.35. The lowest BCUT2D eigenvalue weighted by Crippen LogP contribution is -2.35. The van der Waals surface area contributed by atoms with E-state index in [-0.39, 0.29) is 6.61 Å². The zero-order chi connectivity index (χ0) is 20.9. The van der Waals surface area contributed by atoms with E-state index in [2.05, 4.69) is 27.2 Å². The molecular weight excluding hydrogens is 376 g/mol. The molecule has 0 aromatic carbocycles. The summed E-state index contributed by atoms with van der Waals surface area (Å²) in [6.45, 7) is 5.68. The van der Waals surface area contributed by atoms with Gasteiger partial charge in [0.05, 0.1) is 23.4 Å². The van der Waals surface area contributed by atoms with E-state index in [4.69, 9.17) is 28.4 Å². The number of methoxy groups -OCH3 is 1. The highest BCUT2D eigenvalue weighted by Gasteiger charge is 2.20. The van der Waals surface area contributed by atoms with Crippen molar-refractivity contribution < 1.29 is 9.84 Å². The van der Waals surface area contributed by atoms with Crippen molar-refractivity contribution in [3.8, 4) is 11.3 Å². The molecule has 1 atom stereocenters. The zero-order valence-corrected chi connectivity index (χ0v) is 17.4. The third-order valence-electron chi connectivity index (χ3n) is 4.17. The van der Waals surface area contributed by atoms with E-state index in [0.29, 0.717) is 27.5 Å². The number of aromatic amines is 1. The smallest absolute Gasteiger partial charge is 0.202 e. The van der Waals surface area contributed by atoms with Crippen LogP contribution in [0.15, 0.2) is 24.5 Å². The van der Waals surface area contributed by atoms with Crippen LogP contribution in [0.3, 0.4) is 0 Å². The number of ether oxygens (including phenoxy) is 1. The van der Waals surface area contributed by atoms with Crippen LogP contribution in [0.4, 0.5) is 5.95 Å². The van der Waals surface area contributed by atoms with E-state index >= 15 is 0 Å². The van der Waals surface area contributed by atoms with Crippen molar-refractivity contribution >= 4 is 23.9 Å². The van der Waals surface area contributed by atoms with Crippen LogP contribution in [0.25, 0.3) is 17.0 Å². The summed E-state index contributed by atoms with van der Waals surface area (Å²) < 4.78 is 5.37. The number of nitrogens with one attached hydrogen (secondary N) is 2. The lowest BCUT2D eigenvalue weighted by atomic mass is 10.0. The van der Waals surface area contributed by atoms with Crippen LogP contribution in [0.2, 0.25) is 0 Å². The van der Waals surface area contributed by atoms with Gasteiger partial charge in [-0.3, -0.25) is 4.98 Å². The second-order valence-corrected chi connectivity index (χ2v) is 7.45. The summed E-state index contributed by atoms with van der Waals surface area (Å²) in [5.74, 6) is 0.425. The van der Waals surface area contributed by atoms with E-state index in [1.807, 2.05) is 26.1 Å². The lowest BCUT2D eigenvalue weighted by Gasteiger charge is -2.24. The van der Waals surface area contributed by atoms with Gasteiger partial charge in [0.15, 0.2) is 0 Å². The van der Waals surface area contributed by atoms with Crippen molar-refractivity contribution in [2.75, 3.05) is 19.0 Å². The summed E-state index contributed by atoms with van der Waals surface area (Å²) in [4.78, 5) is 12.0. The van der Waals surface area contributed by atoms with Crippen molar-refractivity contribution in [1.82, 2.24) is 15.0 Å². The molecule has 0 radical (unpaired) electrons. The normalized spacial score (nSPS) is 13.4. The maximum Gasteiger partial charge on any atom is 0.202 e. The Morgan fingerprint density at radius 1 is 1.46 bits per heavy atom. The SMILES string of the molecule is CCc1cncc(-c2[nH]c(NC(C)(C)CO)nc(=S)c2/C(N)=C/C(N)OC)c1. The Labute approximate surface area is 170 Å². The van der Waals surface area contributed by atoms with Crippen molar-refractivity contribution in [2.24, 2.45) is 11.5 Å². The van der Waals surface area contributed by atoms with Crippen LogP contribution in [-0.4, -0.2) is 45.5 Å². The molecule has 0 aliphatic heterocycles. The average molecular weight is 405 g/mol. The average Bonchev–Trinajstić information content (AvgIpc) is 2.66. The standard InChI is InChI=1S/C19H28N6O2S/c1-5-11-6-12(9-22-8-11)16-15(13(20)7-14(21)27-4)17(28)24-18(23-16)25-19(2,3)10-26/h6-9,14,26H,5,10,20-21H2,1-4H3,(H2,23,24,25,28)/b13-7-. The first kappa shape index (κ1) is 22.0. The molecule has 2 aromatic rings. The van der Waals surface area contributed by atoms with Gasteiger partial charge < -0.3 is 31.6 Å². The fourth-order valence-electron chi connectivity index (χ4n) is 2.52. The Hall–Kier alpha value is -2.33. The van der Waals surface area contributed by atoms with Crippen molar-refractivity contribution in [3.05, 3.63) is 40.3 Å². The molecule has 7 N–H and O–H groups in total. The van der Waals surface area contributed by atoms with Crippen molar-refractivity contribution in [2.45, 2.75) is 39.0 Å². The monoisotopic (exact) mass is 404 g/mol. The van der Waals surface area contributed by atoms with Crippen molar-refractivity contribution in [3.63, 3.8) is 0 Å². The molecule has 2 aromatic heterocycles. The van der Waals surface area contributed by atoms with Gasteiger partial charge in [0.25, 0.3) is 0 Å². The fraction of sp³-hybridized carbons (Fsp3) is 0.421. The number of aliphatic hydroxyl groups is 1. The number of aryl methyl sites for hydroxylation is 1. The molecule has 0 saturated heterocycles. The molecular formula is C19H28N6O2S. The second kappa shape index (κ2) is 9.24. The highest BCUT2D eigenvalue weighted by molar-refractivity contribution is 7.71. The van der Waals surface area contributed by atoms with E-state index in [0.717, 1.165) is 17.5 Å². The topological polar surface area (TPSA) is 135 Å². The number of hydrogen-bond donors (Lipinski definition) is 5. The molecule has 2 heterocycles. The highest BCUT2D eigenvalue weighted by Crippen LogP contribution is 2.28. The van der Waals surface area contributed by atoms with Gasteiger partial charge >= 0.3 is 0 Å². The van der Waals surface area contributed by atoms with Crippen LogP contribution in [0, 0.1) is 4.64 Å². The summed E-state index contributed by atoms with van der Waals surface area (Å²) in [6.07, 6.45) is 5.28. The number of hydrogen-bond acceptors (Lipinski definition) is 8. The molecule has 1 unspecified atom stereocenters. The largest absolute Gasteiger partial charge is 0.398 e. The van der Waals surface area contributed by atoms with Crippen LogP contribution < -0.4 is 16.8 Å². The Kier molecular flexibility index (Phi) is 7.25. The number of nitrogens with zero attached hydrogens (tertiary/aromatic N) is 2. The van der Waals surface area contributed by atoms with Gasteiger partial charge in [-0.15, -0.1) is 0 Å². The van der Waals surface area contributed by atoms with Gasteiger partial charge in [0, 0.05) is 30.8 Å². The van der Waals surface area contributed by atoms with Crippen molar-refractivity contribution in [1.29, 1.82) is 0 Å². The molecule has 152 valence electrons. The highest BCUT2D eigenvalue weighted by atomic mass is 32.1. The van der Waals surface area contributed by atoms with Crippen LogP contribution >= 0.6 is 12.2 Å². The third-order valence-corrected chi connectivity index (χ3v) is 4.46. The molecule has 0 aliphatic carbocycles. The Bertz CT molecular complexity index is 910. The van der Waals surface area contributed by atoms with Crippen LogP contribution in [0.1, 0.15) is 31.9 Å². The Morgan fingerprint density at radius 2 is 2.18 bits per heavy atom. The lowest BCUT2D eigenvalue weighted by molar-refractivity contribution is 0.147. The molecule has 8 nitrogen and oxygen atoms in total. The second-order valence-electron chi connectivity index (χ2n) is 7.07. The summed E-state index contributed by atoms with van der Waals surface area (Å²) in [6, 6.07) is 2.02. The predicted molar refractivity (Wildman–Crippen MR) is 114 cm³/mol. The number of aliphatic hydroxyl groups excluding tert-OH is 1. The Balaban J connectivity index is 2.70. The first-order valence-electron chi connectivity index (χ1n) is 8.94. The minimum Gasteiger partial charge on any atom is -0.398 e. The van der Waals surface area contributed by atoms with Gasteiger partial charge in [-0.25, -0.2) is 4.98 Å². The molecule has 0 saturated carbocycles. The molecule has 0 aliphatic rings. The minimum absolute atomic E-state index is 0.0794. The number of pyridine rings is 1. The summed E-state index contributed by atoms with van der Waals surface area (Å²) in [5.41, 5.74) is 15.0. The molecule has 0 bridgehead atoms. The molecule has 9 heteroatoms.